The normalized spacial score (nSPS) is 11.9. The van der Waals surface area contributed by atoms with Gasteiger partial charge in [-0.1, -0.05) is 0 Å². The second kappa shape index (κ2) is 6.46. The fraction of sp³-hybridized carbons (Fsp3) is 0.500. The first kappa shape index (κ1) is 14.6. The summed E-state index contributed by atoms with van der Waals surface area (Å²) in [7, 11) is -3.45. The van der Waals surface area contributed by atoms with Crippen molar-refractivity contribution in [2.75, 3.05) is 13.2 Å². The van der Waals surface area contributed by atoms with E-state index in [2.05, 4.69) is 36.6 Å². The number of rotatable bonds is 6. The van der Waals surface area contributed by atoms with E-state index in [-0.39, 0.29) is 11.5 Å². The van der Waals surface area contributed by atoms with E-state index in [9.17, 15) is 8.42 Å². The molecule has 0 aliphatic rings. The van der Waals surface area contributed by atoms with Gasteiger partial charge < -0.3 is 5.11 Å². The van der Waals surface area contributed by atoms with Crippen LogP contribution in [-0.4, -0.2) is 26.7 Å². The molecule has 0 fully saturated rings. The van der Waals surface area contributed by atoms with Crippen molar-refractivity contribution in [3.05, 3.63) is 13.6 Å². The first-order chi connectivity index (χ1) is 7.47. The van der Waals surface area contributed by atoms with Crippen LogP contribution in [0.5, 0.6) is 0 Å². The Morgan fingerprint density at radius 1 is 1.38 bits per heavy atom. The highest BCUT2D eigenvalue weighted by Crippen LogP contribution is 2.34. The summed E-state index contributed by atoms with van der Waals surface area (Å²) >= 11 is 7.75. The number of nitrogens with one attached hydrogen (secondary N) is 1. The smallest absolute Gasteiger partial charge is 0.242 e. The van der Waals surface area contributed by atoms with E-state index in [1.54, 1.807) is 6.07 Å². The van der Waals surface area contributed by atoms with Crippen molar-refractivity contribution in [3.8, 4) is 0 Å². The Bertz CT molecular complexity index is 444. The highest BCUT2D eigenvalue weighted by molar-refractivity contribution is 9.12. The van der Waals surface area contributed by atoms with Gasteiger partial charge in [0.2, 0.25) is 10.0 Å². The van der Waals surface area contributed by atoms with Gasteiger partial charge in [0.05, 0.1) is 7.57 Å². The molecule has 2 N–H and O–H groups in total. The number of thiophene rings is 1. The molecule has 16 heavy (non-hydrogen) atoms. The Morgan fingerprint density at radius 2 is 2.06 bits per heavy atom. The summed E-state index contributed by atoms with van der Waals surface area (Å²) in [5.74, 6) is 0. The van der Waals surface area contributed by atoms with Gasteiger partial charge in [0.15, 0.2) is 0 Å². The monoisotopic (exact) mass is 391 g/mol. The Morgan fingerprint density at radius 3 is 2.56 bits per heavy atom. The van der Waals surface area contributed by atoms with Gasteiger partial charge in [-0.3, -0.25) is 0 Å². The highest BCUT2D eigenvalue weighted by atomic mass is 79.9. The minimum Gasteiger partial charge on any atom is -0.396 e. The molecule has 1 aromatic rings. The lowest BCUT2D eigenvalue weighted by atomic mass is 10.3. The van der Waals surface area contributed by atoms with E-state index in [0.717, 1.165) is 3.79 Å². The molecule has 0 saturated carbocycles. The van der Waals surface area contributed by atoms with Crippen molar-refractivity contribution in [2.24, 2.45) is 0 Å². The van der Waals surface area contributed by atoms with Crippen LogP contribution in [-0.2, 0) is 10.0 Å². The van der Waals surface area contributed by atoms with Gasteiger partial charge in [-0.25, -0.2) is 13.1 Å². The maximum atomic E-state index is 11.8. The van der Waals surface area contributed by atoms with Crippen molar-refractivity contribution in [3.63, 3.8) is 0 Å². The molecule has 0 unspecified atom stereocenters. The average molecular weight is 393 g/mol. The summed E-state index contributed by atoms with van der Waals surface area (Å²) in [5, 5.41) is 8.57. The first-order valence-electron chi connectivity index (χ1n) is 4.52. The van der Waals surface area contributed by atoms with E-state index >= 15 is 0 Å². The third-order valence-electron chi connectivity index (χ3n) is 1.79. The molecule has 1 aromatic heterocycles. The number of sulfonamides is 1. The second-order valence-electron chi connectivity index (χ2n) is 3.02. The SMILES string of the molecule is O=S(=O)(NCCCCO)c1cc(Br)sc1Br. The molecule has 1 heterocycles. The van der Waals surface area contributed by atoms with Crippen LogP contribution in [0, 0.1) is 0 Å². The predicted molar refractivity (Wildman–Crippen MR) is 71.2 cm³/mol. The van der Waals surface area contributed by atoms with E-state index < -0.39 is 10.0 Å². The van der Waals surface area contributed by atoms with Gasteiger partial charge in [0.25, 0.3) is 0 Å². The highest BCUT2D eigenvalue weighted by Gasteiger charge is 2.19. The predicted octanol–water partition coefficient (Wildman–Crippen LogP) is 2.32. The molecule has 1 rings (SSSR count). The lowest BCUT2D eigenvalue weighted by molar-refractivity contribution is 0.285. The maximum Gasteiger partial charge on any atom is 0.242 e. The Labute approximate surface area is 115 Å². The fourth-order valence-electron chi connectivity index (χ4n) is 1.03. The average Bonchev–Trinajstić information content (AvgIpc) is 2.53. The molecule has 4 nitrogen and oxygen atoms in total. The van der Waals surface area contributed by atoms with Crippen molar-refractivity contribution in [1.82, 2.24) is 4.72 Å². The van der Waals surface area contributed by atoms with Crippen LogP contribution in [0.2, 0.25) is 0 Å². The third kappa shape index (κ3) is 4.08. The number of aliphatic hydroxyl groups is 1. The number of hydrogen-bond donors (Lipinski definition) is 2. The summed E-state index contributed by atoms with van der Waals surface area (Å²) in [6.45, 7) is 0.415. The number of hydrogen-bond acceptors (Lipinski definition) is 4. The zero-order chi connectivity index (χ0) is 12.2. The van der Waals surface area contributed by atoms with Crippen LogP contribution in [0.3, 0.4) is 0 Å². The molecule has 0 amide bonds. The van der Waals surface area contributed by atoms with Gasteiger partial charge in [0, 0.05) is 13.2 Å². The quantitative estimate of drug-likeness (QED) is 0.730. The summed E-state index contributed by atoms with van der Waals surface area (Å²) in [6.07, 6.45) is 1.22. The number of unbranched alkanes of at least 4 members (excludes halogenated alkanes) is 1. The number of aliphatic hydroxyl groups excluding tert-OH is 1. The largest absolute Gasteiger partial charge is 0.396 e. The molecule has 0 bridgehead atoms. The summed E-state index contributed by atoms with van der Waals surface area (Å²) < 4.78 is 27.4. The van der Waals surface area contributed by atoms with Gasteiger partial charge in [-0.2, -0.15) is 0 Å². The van der Waals surface area contributed by atoms with E-state index in [0.29, 0.717) is 23.2 Å². The Kier molecular flexibility index (Phi) is 5.89. The Hall–Kier alpha value is 0.530. The van der Waals surface area contributed by atoms with E-state index in [4.69, 9.17) is 5.11 Å². The van der Waals surface area contributed by atoms with E-state index in [1.165, 1.54) is 11.3 Å². The van der Waals surface area contributed by atoms with Crippen molar-refractivity contribution in [2.45, 2.75) is 17.7 Å². The number of halogens is 2. The molecule has 0 aromatic carbocycles. The van der Waals surface area contributed by atoms with Crippen LogP contribution in [0.1, 0.15) is 12.8 Å². The third-order valence-corrected chi connectivity index (χ3v) is 6.01. The van der Waals surface area contributed by atoms with Gasteiger partial charge in [-0.15, -0.1) is 11.3 Å². The molecule has 8 heteroatoms. The van der Waals surface area contributed by atoms with Crippen LogP contribution < -0.4 is 4.72 Å². The molecule has 0 atom stereocenters. The van der Waals surface area contributed by atoms with Crippen molar-refractivity contribution in [1.29, 1.82) is 0 Å². The van der Waals surface area contributed by atoms with Gasteiger partial charge in [-0.05, 0) is 50.8 Å². The maximum absolute atomic E-state index is 11.8. The second-order valence-corrected chi connectivity index (χ2v) is 8.50. The summed E-state index contributed by atoms with van der Waals surface area (Å²) in [6, 6.07) is 1.56. The topological polar surface area (TPSA) is 66.4 Å². The van der Waals surface area contributed by atoms with Gasteiger partial charge in [0.1, 0.15) is 4.90 Å². The summed E-state index contributed by atoms with van der Waals surface area (Å²) in [4.78, 5) is 0.244. The van der Waals surface area contributed by atoms with Gasteiger partial charge >= 0.3 is 0 Å². The zero-order valence-corrected chi connectivity index (χ0v) is 13.0. The molecule has 0 aliphatic carbocycles. The molecule has 0 saturated heterocycles. The fourth-order valence-corrected chi connectivity index (χ4v) is 5.91. The standard InChI is InChI=1S/C8H11Br2NO3S2/c9-7-5-6(8(10)15-7)16(13,14)11-3-1-2-4-12/h5,11-12H,1-4H2. The lowest BCUT2D eigenvalue weighted by Gasteiger charge is -2.04. The van der Waals surface area contributed by atoms with Crippen LogP contribution >= 0.6 is 43.2 Å². The van der Waals surface area contributed by atoms with Crippen LogP contribution in [0.25, 0.3) is 0 Å². The minimum absolute atomic E-state index is 0.0788. The van der Waals surface area contributed by atoms with Crippen LogP contribution in [0.4, 0.5) is 0 Å². The zero-order valence-electron chi connectivity index (χ0n) is 8.24. The first-order valence-corrected chi connectivity index (χ1v) is 8.41. The van der Waals surface area contributed by atoms with Crippen molar-refractivity contribution >= 4 is 53.2 Å². The molecule has 0 aliphatic heterocycles. The molecule has 92 valence electrons. The molecular weight excluding hydrogens is 382 g/mol. The molecule has 0 spiro atoms. The summed E-state index contributed by atoms with van der Waals surface area (Å²) in [5.41, 5.74) is 0. The minimum atomic E-state index is -3.45. The molecule has 0 radical (unpaired) electrons. The Balaban J connectivity index is 2.67. The van der Waals surface area contributed by atoms with E-state index in [1.807, 2.05) is 0 Å². The molecular formula is C8H11Br2NO3S2. The van der Waals surface area contributed by atoms with Crippen molar-refractivity contribution < 1.29 is 13.5 Å². The lowest BCUT2D eigenvalue weighted by Crippen LogP contribution is -2.24. The van der Waals surface area contributed by atoms with Crippen LogP contribution in [0.15, 0.2) is 18.5 Å².